The van der Waals surface area contributed by atoms with Gasteiger partial charge in [0.1, 0.15) is 5.82 Å². The van der Waals surface area contributed by atoms with Crippen LogP contribution in [0.4, 0.5) is 5.82 Å². The van der Waals surface area contributed by atoms with Gasteiger partial charge in [-0.2, -0.15) is 0 Å². The first kappa shape index (κ1) is 11.0. The van der Waals surface area contributed by atoms with Gasteiger partial charge in [-0.05, 0) is 43.9 Å². The zero-order valence-electron chi connectivity index (χ0n) is 10.8. The molecule has 92 valence electrons. The molecule has 0 aromatic carbocycles. The summed E-state index contributed by atoms with van der Waals surface area (Å²) in [5, 5.41) is 0. The smallest absolute Gasteiger partial charge is 0.131 e. The maximum absolute atomic E-state index is 4.70. The topological polar surface area (TPSA) is 19.4 Å². The van der Waals surface area contributed by atoms with E-state index in [1.165, 1.54) is 29.8 Å². The lowest BCUT2D eigenvalue weighted by Gasteiger charge is -2.34. The Bertz CT molecular complexity index is 404. The summed E-state index contributed by atoms with van der Waals surface area (Å²) in [6.45, 7) is 6.70. The van der Waals surface area contributed by atoms with Crippen LogP contribution >= 0.6 is 0 Å². The molecule has 1 saturated heterocycles. The molecule has 1 aliphatic heterocycles. The lowest BCUT2D eigenvalue weighted by Crippen LogP contribution is -2.45. The highest BCUT2D eigenvalue weighted by atomic mass is 15.3. The highest BCUT2D eigenvalue weighted by Crippen LogP contribution is 2.40. The Labute approximate surface area is 103 Å². The molecule has 1 aliphatic carbocycles. The number of hydrogen-bond acceptors (Lipinski definition) is 3. The van der Waals surface area contributed by atoms with E-state index >= 15 is 0 Å². The van der Waals surface area contributed by atoms with Gasteiger partial charge < -0.3 is 9.80 Å². The van der Waals surface area contributed by atoms with E-state index in [4.69, 9.17) is 4.98 Å². The zero-order valence-corrected chi connectivity index (χ0v) is 10.8. The summed E-state index contributed by atoms with van der Waals surface area (Å²) >= 11 is 0. The quantitative estimate of drug-likeness (QED) is 0.776. The van der Waals surface area contributed by atoms with Crippen molar-refractivity contribution in [2.75, 3.05) is 38.1 Å². The highest BCUT2D eigenvalue weighted by Gasteiger charge is 2.25. The second-order valence-corrected chi connectivity index (χ2v) is 5.47. The fourth-order valence-corrected chi connectivity index (χ4v) is 2.58. The summed E-state index contributed by atoms with van der Waals surface area (Å²) in [4.78, 5) is 9.50. The van der Waals surface area contributed by atoms with Crippen LogP contribution in [-0.4, -0.2) is 43.1 Å². The van der Waals surface area contributed by atoms with Crippen molar-refractivity contribution < 1.29 is 0 Å². The van der Waals surface area contributed by atoms with E-state index in [1.54, 1.807) is 0 Å². The Balaban J connectivity index is 1.78. The fourth-order valence-electron chi connectivity index (χ4n) is 2.58. The first-order valence-electron chi connectivity index (χ1n) is 6.64. The predicted octanol–water partition coefficient (Wildman–Crippen LogP) is 2.02. The Kier molecular flexibility index (Phi) is 2.79. The summed E-state index contributed by atoms with van der Waals surface area (Å²) < 4.78 is 0. The molecule has 3 heteroatoms. The minimum atomic E-state index is 0.808. The van der Waals surface area contributed by atoms with E-state index in [0.717, 1.165) is 32.1 Å². The zero-order chi connectivity index (χ0) is 11.8. The molecule has 0 N–H and O–H groups in total. The molecule has 3 rings (SSSR count). The van der Waals surface area contributed by atoms with E-state index in [2.05, 4.69) is 36.0 Å². The summed E-state index contributed by atoms with van der Waals surface area (Å²) in [5.41, 5.74) is 2.79. The van der Waals surface area contributed by atoms with Crippen molar-refractivity contribution in [2.45, 2.75) is 25.7 Å². The minimum Gasteiger partial charge on any atom is -0.354 e. The molecule has 3 nitrogen and oxygen atoms in total. The van der Waals surface area contributed by atoms with E-state index in [0.29, 0.717) is 0 Å². The molecule has 0 spiro atoms. The monoisotopic (exact) mass is 231 g/mol. The van der Waals surface area contributed by atoms with E-state index < -0.39 is 0 Å². The van der Waals surface area contributed by atoms with Gasteiger partial charge in [-0.15, -0.1) is 0 Å². The maximum atomic E-state index is 4.70. The molecule has 2 aliphatic rings. The van der Waals surface area contributed by atoms with Crippen molar-refractivity contribution in [1.29, 1.82) is 0 Å². The minimum absolute atomic E-state index is 0.808. The first-order chi connectivity index (χ1) is 8.24. The predicted molar refractivity (Wildman–Crippen MR) is 70.7 cm³/mol. The third-order valence-electron chi connectivity index (χ3n) is 3.92. The summed E-state index contributed by atoms with van der Waals surface area (Å²) in [6.07, 6.45) is 4.81. The fraction of sp³-hybridized carbons (Fsp3) is 0.643. The lowest BCUT2D eigenvalue weighted by atomic mass is 10.1. The Morgan fingerprint density at radius 2 is 1.88 bits per heavy atom. The van der Waals surface area contributed by atoms with Crippen LogP contribution in [0.1, 0.15) is 29.9 Å². The van der Waals surface area contributed by atoms with Crippen LogP contribution in [-0.2, 0) is 0 Å². The van der Waals surface area contributed by atoms with Crippen LogP contribution in [0.5, 0.6) is 0 Å². The number of rotatable bonds is 2. The normalized spacial score (nSPS) is 21.9. The van der Waals surface area contributed by atoms with Crippen molar-refractivity contribution in [1.82, 2.24) is 9.88 Å². The van der Waals surface area contributed by atoms with E-state index in [1.807, 2.05) is 0 Å². The molecular formula is C14H21N3. The SMILES string of the molecule is Cc1cc(C2CC2)cnc1N1CCN(C)CC1. The average Bonchev–Trinajstić information content (AvgIpc) is 3.14. The molecule has 1 aromatic rings. The van der Waals surface area contributed by atoms with Crippen molar-refractivity contribution >= 4 is 5.82 Å². The number of anilines is 1. The molecule has 0 amide bonds. The van der Waals surface area contributed by atoms with Gasteiger partial charge in [-0.25, -0.2) is 4.98 Å². The molecule has 1 saturated carbocycles. The first-order valence-corrected chi connectivity index (χ1v) is 6.64. The number of aryl methyl sites for hydroxylation is 1. The van der Waals surface area contributed by atoms with Gasteiger partial charge >= 0.3 is 0 Å². The maximum Gasteiger partial charge on any atom is 0.131 e. The summed E-state index contributed by atoms with van der Waals surface area (Å²) in [6, 6.07) is 2.35. The molecule has 0 unspecified atom stereocenters. The van der Waals surface area contributed by atoms with Crippen molar-refractivity contribution in [3.05, 3.63) is 23.4 Å². The number of likely N-dealkylation sites (N-methyl/N-ethyl adjacent to an activating group) is 1. The second-order valence-electron chi connectivity index (χ2n) is 5.47. The Hall–Kier alpha value is -1.09. The number of piperazine rings is 1. The van der Waals surface area contributed by atoms with Gasteiger partial charge in [-0.1, -0.05) is 6.07 Å². The van der Waals surface area contributed by atoms with Crippen molar-refractivity contribution in [2.24, 2.45) is 0 Å². The van der Waals surface area contributed by atoms with Crippen LogP contribution in [0, 0.1) is 6.92 Å². The molecule has 17 heavy (non-hydrogen) atoms. The Morgan fingerprint density at radius 1 is 1.18 bits per heavy atom. The number of pyridine rings is 1. The molecule has 0 atom stereocenters. The van der Waals surface area contributed by atoms with Crippen LogP contribution in [0.3, 0.4) is 0 Å². The van der Waals surface area contributed by atoms with Crippen LogP contribution in [0.15, 0.2) is 12.3 Å². The molecule has 1 aromatic heterocycles. The lowest BCUT2D eigenvalue weighted by molar-refractivity contribution is 0.312. The summed E-state index contributed by atoms with van der Waals surface area (Å²) in [5.74, 6) is 2.00. The number of nitrogens with zero attached hydrogens (tertiary/aromatic N) is 3. The molecule has 2 fully saturated rings. The third-order valence-corrected chi connectivity index (χ3v) is 3.92. The van der Waals surface area contributed by atoms with Crippen molar-refractivity contribution in [3.8, 4) is 0 Å². The third kappa shape index (κ3) is 2.29. The standard InChI is InChI=1S/C14H21N3/c1-11-9-13(12-3-4-12)10-15-14(11)17-7-5-16(2)6-8-17/h9-10,12H,3-8H2,1-2H3. The van der Waals surface area contributed by atoms with Crippen LogP contribution in [0.2, 0.25) is 0 Å². The van der Waals surface area contributed by atoms with Gasteiger partial charge in [0.25, 0.3) is 0 Å². The molecule has 2 heterocycles. The summed E-state index contributed by atoms with van der Waals surface area (Å²) in [7, 11) is 2.19. The molecular weight excluding hydrogens is 210 g/mol. The van der Waals surface area contributed by atoms with Gasteiger partial charge in [-0.3, -0.25) is 0 Å². The average molecular weight is 231 g/mol. The highest BCUT2D eigenvalue weighted by molar-refractivity contribution is 5.48. The van der Waals surface area contributed by atoms with Gasteiger partial charge in [0.2, 0.25) is 0 Å². The van der Waals surface area contributed by atoms with E-state index in [9.17, 15) is 0 Å². The number of hydrogen-bond donors (Lipinski definition) is 0. The van der Waals surface area contributed by atoms with Gasteiger partial charge in [0.15, 0.2) is 0 Å². The van der Waals surface area contributed by atoms with Gasteiger partial charge in [0, 0.05) is 32.4 Å². The van der Waals surface area contributed by atoms with Crippen LogP contribution in [0.25, 0.3) is 0 Å². The largest absolute Gasteiger partial charge is 0.354 e. The second kappa shape index (κ2) is 4.30. The van der Waals surface area contributed by atoms with Crippen molar-refractivity contribution in [3.63, 3.8) is 0 Å². The van der Waals surface area contributed by atoms with Crippen LogP contribution < -0.4 is 4.90 Å². The number of aromatic nitrogens is 1. The molecule has 0 radical (unpaired) electrons. The van der Waals surface area contributed by atoms with E-state index in [-0.39, 0.29) is 0 Å². The Morgan fingerprint density at radius 3 is 2.47 bits per heavy atom. The molecule has 0 bridgehead atoms. The van der Waals surface area contributed by atoms with Gasteiger partial charge in [0.05, 0.1) is 0 Å².